The summed E-state index contributed by atoms with van der Waals surface area (Å²) in [5.74, 6) is -0.0589. The molecule has 1 fully saturated rings. The minimum absolute atomic E-state index is 0.00331. The monoisotopic (exact) mass is 435 g/mol. The molecule has 2 N–H and O–H groups in total. The quantitative estimate of drug-likeness (QED) is 0.594. The van der Waals surface area contributed by atoms with E-state index >= 15 is 0 Å². The number of benzene rings is 2. The van der Waals surface area contributed by atoms with E-state index in [0.717, 1.165) is 11.6 Å². The van der Waals surface area contributed by atoms with E-state index in [0.29, 0.717) is 44.8 Å². The van der Waals surface area contributed by atoms with Gasteiger partial charge in [-0.05, 0) is 23.6 Å². The summed E-state index contributed by atoms with van der Waals surface area (Å²) < 4.78 is 43.9. The third-order valence-electron chi connectivity index (χ3n) is 5.39. The molecule has 0 spiro atoms. The van der Waals surface area contributed by atoms with E-state index in [2.05, 4.69) is 15.5 Å². The minimum Gasteiger partial charge on any atom is -0.383 e. The Kier molecular flexibility index (Phi) is 8.06. The van der Waals surface area contributed by atoms with E-state index in [9.17, 15) is 18.0 Å². The van der Waals surface area contributed by atoms with Crippen LogP contribution in [0.15, 0.2) is 54.6 Å². The fourth-order valence-corrected chi connectivity index (χ4v) is 3.83. The van der Waals surface area contributed by atoms with Crippen LogP contribution in [0.2, 0.25) is 0 Å². The normalized spacial score (nSPS) is 19.5. The van der Waals surface area contributed by atoms with Crippen molar-refractivity contribution in [3.63, 3.8) is 0 Å². The van der Waals surface area contributed by atoms with Crippen LogP contribution in [0.4, 0.5) is 13.2 Å². The second-order valence-electron chi connectivity index (χ2n) is 7.73. The first kappa shape index (κ1) is 23.2. The fourth-order valence-electron chi connectivity index (χ4n) is 3.83. The Morgan fingerprint density at radius 3 is 2.58 bits per heavy atom. The number of alkyl halides is 3. The van der Waals surface area contributed by atoms with Gasteiger partial charge in [0.2, 0.25) is 5.91 Å². The Hall–Kier alpha value is -2.42. The number of amides is 1. The molecule has 0 radical (unpaired) electrons. The maximum atomic E-state index is 13.0. The molecule has 1 heterocycles. The molecule has 0 saturated carbocycles. The lowest BCUT2D eigenvalue weighted by Crippen LogP contribution is -2.43. The molecule has 2 aromatic rings. The minimum atomic E-state index is -4.36. The van der Waals surface area contributed by atoms with Gasteiger partial charge in [-0.3, -0.25) is 9.69 Å². The van der Waals surface area contributed by atoms with E-state index in [1.807, 2.05) is 30.3 Å². The summed E-state index contributed by atoms with van der Waals surface area (Å²) in [6.07, 6.45) is -3.77. The van der Waals surface area contributed by atoms with E-state index in [-0.39, 0.29) is 18.0 Å². The number of methoxy groups -OCH3 is 1. The van der Waals surface area contributed by atoms with Gasteiger partial charge in [0.05, 0.1) is 18.2 Å². The summed E-state index contributed by atoms with van der Waals surface area (Å²) in [6, 6.07) is 14.9. The molecule has 1 saturated heterocycles. The highest BCUT2D eigenvalue weighted by Crippen LogP contribution is 2.29. The third kappa shape index (κ3) is 6.78. The van der Waals surface area contributed by atoms with Crippen LogP contribution in [0.1, 0.15) is 23.1 Å². The van der Waals surface area contributed by atoms with Crippen molar-refractivity contribution in [3.05, 3.63) is 71.3 Å². The molecule has 2 aromatic carbocycles. The first-order chi connectivity index (χ1) is 14.9. The number of likely N-dealkylation sites (tertiary alicyclic amines) is 1. The number of carbonyl (C=O) groups excluding carboxylic acids is 1. The highest BCUT2D eigenvalue weighted by atomic mass is 19.4. The molecule has 2 atom stereocenters. The van der Waals surface area contributed by atoms with E-state index in [4.69, 9.17) is 4.74 Å². The summed E-state index contributed by atoms with van der Waals surface area (Å²) in [5.41, 5.74) is 1.02. The van der Waals surface area contributed by atoms with Gasteiger partial charge in [0.1, 0.15) is 0 Å². The molecule has 1 amide bonds. The maximum Gasteiger partial charge on any atom is 0.416 e. The molecule has 5 nitrogen and oxygen atoms in total. The molecule has 8 heteroatoms. The van der Waals surface area contributed by atoms with Gasteiger partial charge in [0.15, 0.2) is 0 Å². The Labute approximate surface area is 180 Å². The first-order valence-corrected chi connectivity index (χ1v) is 10.3. The van der Waals surface area contributed by atoms with Gasteiger partial charge < -0.3 is 15.4 Å². The molecular formula is C23H28F3N3O2. The molecule has 168 valence electrons. The van der Waals surface area contributed by atoms with E-state index < -0.39 is 11.7 Å². The summed E-state index contributed by atoms with van der Waals surface area (Å²) in [6.45, 7) is 2.45. The van der Waals surface area contributed by atoms with Crippen LogP contribution >= 0.6 is 0 Å². The largest absolute Gasteiger partial charge is 0.416 e. The highest BCUT2D eigenvalue weighted by Gasteiger charge is 2.36. The van der Waals surface area contributed by atoms with Gasteiger partial charge in [0, 0.05) is 39.3 Å². The second kappa shape index (κ2) is 10.7. The lowest BCUT2D eigenvalue weighted by Gasteiger charge is -2.23. The van der Waals surface area contributed by atoms with Gasteiger partial charge in [-0.2, -0.15) is 13.2 Å². The molecule has 0 aliphatic carbocycles. The Bertz CT molecular complexity index is 845. The van der Waals surface area contributed by atoms with Gasteiger partial charge in [0.25, 0.3) is 0 Å². The summed E-state index contributed by atoms with van der Waals surface area (Å²) in [7, 11) is 1.58. The molecule has 1 aliphatic heterocycles. The van der Waals surface area contributed by atoms with Gasteiger partial charge >= 0.3 is 6.18 Å². The average molecular weight is 435 g/mol. The second-order valence-corrected chi connectivity index (χ2v) is 7.73. The highest BCUT2D eigenvalue weighted by molar-refractivity contribution is 5.82. The molecule has 3 rings (SSSR count). The van der Waals surface area contributed by atoms with Crippen LogP contribution < -0.4 is 10.6 Å². The smallest absolute Gasteiger partial charge is 0.383 e. The fraction of sp³-hybridized carbons (Fsp3) is 0.435. The van der Waals surface area contributed by atoms with Crippen molar-refractivity contribution in [3.8, 4) is 0 Å². The number of nitrogens with one attached hydrogen (secondary N) is 2. The van der Waals surface area contributed by atoms with Crippen LogP contribution in [-0.4, -0.2) is 49.7 Å². The van der Waals surface area contributed by atoms with Crippen LogP contribution in [0.25, 0.3) is 0 Å². The Morgan fingerprint density at radius 2 is 1.87 bits per heavy atom. The van der Waals surface area contributed by atoms with Gasteiger partial charge in [-0.1, -0.05) is 48.5 Å². The van der Waals surface area contributed by atoms with E-state index in [1.54, 1.807) is 13.2 Å². The zero-order valence-corrected chi connectivity index (χ0v) is 17.5. The van der Waals surface area contributed by atoms with E-state index in [1.165, 1.54) is 12.1 Å². The number of carbonyl (C=O) groups is 1. The lowest BCUT2D eigenvalue weighted by molar-refractivity contribution is -0.137. The van der Waals surface area contributed by atoms with Crippen LogP contribution in [0.5, 0.6) is 0 Å². The van der Waals surface area contributed by atoms with Gasteiger partial charge in [-0.15, -0.1) is 0 Å². The van der Waals surface area contributed by atoms with Crippen molar-refractivity contribution in [1.82, 2.24) is 15.5 Å². The van der Waals surface area contributed by atoms with Crippen molar-refractivity contribution in [2.75, 3.05) is 26.8 Å². The molecule has 0 bridgehead atoms. The van der Waals surface area contributed by atoms with Crippen LogP contribution in [-0.2, 0) is 28.8 Å². The Balaban J connectivity index is 1.64. The van der Waals surface area contributed by atoms with Crippen molar-refractivity contribution in [2.24, 2.45) is 0 Å². The Morgan fingerprint density at radius 1 is 1.13 bits per heavy atom. The molecule has 31 heavy (non-hydrogen) atoms. The SMILES string of the molecule is COCCNC(=O)[C@@H]1C[C@@H](NCc2cccc(C(F)(F)F)c2)CN1Cc1ccccc1. The van der Waals surface area contributed by atoms with Crippen molar-refractivity contribution in [2.45, 2.75) is 37.8 Å². The number of hydrogen-bond donors (Lipinski definition) is 2. The number of halogens is 3. The predicted octanol–water partition coefficient (Wildman–Crippen LogP) is 3.20. The maximum absolute atomic E-state index is 13.0. The first-order valence-electron chi connectivity index (χ1n) is 10.3. The molecule has 0 aromatic heterocycles. The van der Waals surface area contributed by atoms with Crippen LogP contribution in [0.3, 0.4) is 0 Å². The zero-order valence-electron chi connectivity index (χ0n) is 17.5. The molecule has 1 aliphatic rings. The summed E-state index contributed by atoms with van der Waals surface area (Å²) in [4.78, 5) is 14.8. The van der Waals surface area contributed by atoms with Crippen molar-refractivity contribution in [1.29, 1.82) is 0 Å². The lowest BCUT2D eigenvalue weighted by atomic mass is 10.1. The number of nitrogens with zero attached hydrogens (tertiary/aromatic N) is 1. The van der Waals surface area contributed by atoms with Gasteiger partial charge in [-0.25, -0.2) is 0 Å². The number of hydrogen-bond acceptors (Lipinski definition) is 4. The van der Waals surface area contributed by atoms with Crippen molar-refractivity contribution < 1.29 is 22.7 Å². The summed E-state index contributed by atoms with van der Waals surface area (Å²) >= 11 is 0. The number of rotatable bonds is 9. The number of ether oxygens (including phenoxy) is 1. The topological polar surface area (TPSA) is 53.6 Å². The third-order valence-corrected chi connectivity index (χ3v) is 5.39. The zero-order chi connectivity index (χ0) is 22.3. The average Bonchev–Trinajstić information content (AvgIpc) is 3.15. The molecular weight excluding hydrogens is 407 g/mol. The van der Waals surface area contributed by atoms with Crippen molar-refractivity contribution >= 4 is 5.91 Å². The van der Waals surface area contributed by atoms with Crippen LogP contribution in [0, 0.1) is 0 Å². The predicted molar refractivity (Wildman–Crippen MR) is 112 cm³/mol. The standard InChI is InChI=1S/C23H28F3N3O2/c1-31-11-10-27-22(30)21-13-20(16-29(21)15-17-6-3-2-4-7-17)28-14-18-8-5-9-19(12-18)23(24,25)26/h2-9,12,20-21,28H,10-11,13-16H2,1H3,(H,27,30)/t20-,21+/m1/s1. The molecule has 0 unspecified atom stereocenters. The summed E-state index contributed by atoms with van der Waals surface area (Å²) in [5, 5.41) is 6.23.